The molecule has 0 unspecified atom stereocenters. The second-order valence-electron chi connectivity index (χ2n) is 7.26. The highest BCUT2D eigenvalue weighted by molar-refractivity contribution is 5.80. The number of nitrogens with two attached hydrogens (primary N) is 1. The number of likely N-dealkylation sites (tertiary alicyclic amines) is 2. The Morgan fingerprint density at radius 3 is 2.48 bits per heavy atom. The van der Waals surface area contributed by atoms with E-state index in [-0.39, 0.29) is 24.3 Å². The lowest BCUT2D eigenvalue weighted by molar-refractivity contribution is -0.142. The lowest BCUT2D eigenvalue weighted by atomic mass is 9.84. The minimum absolute atomic E-state index is 0.0731. The van der Waals surface area contributed by atoms with Crippen molar-refractivity contribution in [3.05, 3.63) is 35.9 Å². The average molecular weight is 345 g/mol. The van der Waals surface area contributed by atoms with Gasteiger partial charge < -0.3 is 15.7 Å². The van der Waals surface area contributed by atoms with Gasteiger partial charge in [-0.25, -0.2) is 0 Å². The molecule has 0 bridgehead atoms. The van der Waals surface area contributed by atoms with Gasteiger partial charge in [-0.2, -0.15) is 0 Å². The molecule has 0 aliphatic carbocycles. The van der Waals surface area contributed by atoms with Crippen molar-refractivity contribution >= 4 is 11.8 Å². The molecule has 2 aliphatic rings. The fourth-order valence-electron chi connectivity index (χ4n) is 4.01. The number of rotatable bonds is 4. The van der Waals surface area contributed by atoms with Crippen molar-refractivity contribution in [2.45, 2.75) is 31.3 Å². The third-order valence-corrected chi connectivity index (χ3v) is 5.45. The van der Waals surface area contributed by atoms with E-state index < -0.39 is 5.60 Å². The van der Waals surface area contributed by atoms with Crippen LogP contribution in [0.15, 0.2) is 30.3 Å². The SMILES string of the molecule is NC(=O)CN1CCC[C@@H](C(=O)N2CCC(O)(c3ccccc3)CC2)C1. The number of carbonyl (C=O) groups is 2. The van der Waals surface area contributed by atoms with Crippen molar-refractivity contribution in [1.82, 2.24) is 9.80 Å². The zero-order chi connectivity index (χ0) is 17.9. The van der Waals surface area contributed by atoms with Crippen LogP contribution in [-0.2, 0) is 15.2 Å². The normalized spacial score (nSPS) is 24.0. The minimum atomic E-state index is -0.845. The lowest BCUT2D eigenvalue weighted by Crippen LogP contribution is -2.50. The van der Waals surface area contributed by atoms with Crippen molar-refractivity contribution in [2.75, 3.05) is 32.7 Å². The second kappa shape index (κ2) is 7.54. The first-order valence-corrected chi connectivity index (χ1v) is 9.05. The van der Waals surface area contributed by atoms with E-state index >= 15 is 0 Å². The van der Waals surface area contributed by atoms with Crippen LogP contribution in [0.4, 0.5) is 0 Å². The fourth-order valence-corrected chi connectivity index (χ4v) is 4.01. The Bertz CT molecular complexity index is 612. The summed E-state index contributed by atoms with van der Waals surface area (Å²) in [5, 5.41) is 10.9. The van der Waals surface area contributed by atoms with Gasteiger partial charge in [0.2, 0.25) is 11.8 Å². The maximum atomic E-state index is 12.8. The maximum Gasteiger partial charge on any atom is 0.231 e. The Kier molecular flexibility index (Phi) is 5.39. The van der Waals surface area contributed by atoms with Crippen LogP contribution in [0.2, 0.25) is 0 Å². The van der Waals surface area contributed by atoms with E-state index in [0.29, 0.717) is 32.5 Å². The lowest BCUT2D eigenvalue weighted by Gasteiger charge is -2.41. The van der Waals surface area contributed by atoms with Crippen LogP contribution in [-0.4, -0.2) is 59.4 Å². The van der Waals surface area contributed by atoms with E-state index in [4.69, 9.17) is 5.73 Å². The molecule has 2 saturated heterocycles. The largest absolute Gasteiger partial charge is 0.385 e. The molecule has 2 amide bonds. The van der Waals surface area contributed by atoms with Crippen molar-refractivity contribution in [1.29, 1.82) is 0 Å². The van der Waals surface area contributed by atoms with E-state index in [0.717, 1.165) is 24.9 Å². The summed E-state index contributed by atoms with van der Waals surface area (Å²) in [6, 6.07) is 9.69. The number of hydrogen-bond donors (Lipinski definition) is 2. The molecular formula is C19H27N3O3. The second-order valence-corrected chi connectivity index (χ2v) is 7.26. The summed E-state index contributed by atoms with van der Waals surface area (Å²) < 4.78 is 0. The van der Waals surface area contributed by atoms with E-state index in [1.54, 1.807) is 0 Å². The van der Waals surface area contributed by atoms with Crippen molar-refractivity contribution in [3.8, 4) is 0 Å². The predicted octanol–water partition coefficient (Wildman–Crippen LogP) is 0.694. The molecule has 3 rings (SSSR count). The first-order valence-electron chi connectivity index (χ1n) is 9.05. The van der Waals surface area contributed by atoms with Crippen LogP contribution >= 0.6 is 0 Å². The standard InChI is InChI=1S/C19H27N3O3/c20-17(23)14-21-10-4-5-15(13-21)18(24)22-11-8-19(25,9-12-22)16-6-2-1-3-7-16/h1-3,6-7,15,25H,4-5,8-14H2,(H2,20,23)/t15-/m1/s1. The highest BCUT2D eigenvalue weighted by Gasteiger charge is 2.37. The molecule has 0 spiro atoms. The number of piperidine rings is 2. The molecule has 0 saturated carbocycles. The Morgan fingerprint density at radius 2 is 1.84 bits per heavy atom. The van der Waals surface area contributed by atoms with Crippen molar-refractivity contribution in [2.24, 2.45) is 11.7 Å². The van der Waals surface area contributed by atoms with Crippen LogP contribution < -0.4 is 5.73 Å². The average Bonchev–Trinajstić information content (AvgIpc) is 2.62. The molecule has 2 aliphatic heterocycles. The molecular weight excluding hydrogens is 318 g/mol. The number of aliphatic hydroxyl groups is 1. The number of carbonyl (C=O) groups excluding carboxylic acids is 2. The number of primary amides is 1. The predicted molar refractivity (Wildman–Crippen MR) is 94.5 cm³/mol. The molecule has 1 atom stereocenters. The zero-order valence-electron chi connectivity index (χ0n) is 14.6. The third kappa shape index (κ3) is 4.19. The molecule has 25 heavy (non-hydrogen) atoms. The highest BCUT2D eigenvalue weighted by Crippen LogP contribution is 2.33. The van der Waals surface area contributed by atoms with Crippen LogP contribution in [0.5, 0.6) is 0 Å². The van der Waals surface area contributed by atoms with Gasteiger partial charge in [-0.05, 0) is 37.8 Å². The van der Waals surface area contributed by atoms with Gasteiger partial charge in [0.25, 0.3) is 0 Å². The van der Waals surface area contributed by atoms with Crippen molar-refractivity contribution in [3.63, 3.8) is 0 Å². The molecule has 0 aromatic heterocycles. The number of hydrogen-bond acceptors (Lipinski definition) is 4. The van der Waals surface area contributed by atoms with Gasteiger partial charge in [0, 0.05) is 19.6 Å². The van der Waals surface area contributed by atoms with Crippen LogP contribution in [0.3, 0.4) is 0 Å². The molecule has 136 valence electrons. The van der Waals surface area contributed by atoms with E-state index in [1.165, 1.54) is 0 Å². The summed E-state index contributed by atoms with van der Waals surface area (Å²) in [5.41, 5.74) is 5.35. The minimum Gasteiger partial charge on any atom is -0.385 e. The van der Waals surface area contributed by atoms with Gasteiger partial charge in [-0.3, -0.25) is 14.5 Å². The number of nitrogens with zero attached hydrogens (tertiary/aromatic N) is 2. The van der Waals surface area contributed by atoms with E-state index in [9.17, 15) is 14.7 Å². The summed E-state index contributed by atoms with van der Waals surface area (Å²) in [6.45, 7) is 2.77. The number of amides is 2. The molecule has 3 N–H and O–H groups in total. The van der Waals surface area contributed by atoms with E-state index in [2.05, 4.69) is 0 Å². The molecule has 1 aromatic carbocycles. The summed E-state index contributed by atoms with van der Waals surface area (Å²) in [6.07, 6.45) is 2.87. The highest BCUT2D eigenvalue weighted by atomic mass is 16.3. The van der Waals surface area contributed by atoms with Crippen LogP contribution in [0, 0.1) is 5.92 Å². The maximum absolute atomic E-state index is 12.8. The Hall–Kier alpha value is -1.92. The fraction of sp³-hybridized carbons (Fsp3) is 0.579. The van der Waals surface area contributed by atoms with Gasteiger partial charge >= 0.3 is 0 Å². The monoisotopic (exact) mass is 345 g/mol. The summed E-state index contributed by atoms with van der Waals surface area (Å²) in [4.78, 5) is 27.8. The molecule has 1 aromatic rings. The van der Waals surface area contributed by atoms with Crippen molar-refractivity contribution < 1.29 is 14.7 Å². The molecule has 6 heteroatoms. The quantitative estimate of drug-likeness (QED) is 0.841. The third-order valence-electron chi connectivity index (χ3n) is 5.45. The summed E-state index contributed by atoms with van der Waals surface area (Å²) >= 11 is 0. The van der Waals surface area contributed by atoms with Gasteiger partial charge in [-0.15, -0.1) is 0 Å². The Balaban J connectivity index is 1.57. The van der Waals surface area contributed by atoms with E-state index in [1.807, 2.05) is 40.1 Å². The van der Waals surface area contributed by atoms with Gasteiger partial charge in [0.1, 0.15) is 0 Å². The Morgan fingerprint density at radius 1 is 1.16 bits per heavy atom. The number of benzene rings is 1. The smallest absolute Gasteiger partial charge is 0.231 e. The molecule has 6 nitrogen and oxygen atoms in total. The van der Waals surface area contributed by atoms with Gasteiger partial charge in [0.15, 0.2) is 0 Å². The first kappa shape index (κ1) is 17.9. The topological polar surface area (TPSA) is 86.9 Å². The molecule has 2 fully saturated rings. The zero-order valence-corrected chi connectivity index (χ0v) is 14.6. The molecule has 0 radical (unpaired) electrons. The van der Waals surface area contributed by atoms with Crippen LogP contribution in [0.1, 0.15) is 31.2 Å². The van der Waals surface area contributed by atoms with Gasteiger partial charge in [-0.1, -0.05) is 30.3 Å². The first-order chi connectivity index (χ1) is 12.0. The Labute approximate surface area is 148 Å². The summed E-state index contributed by atoms with van der Waals surface area (Å²) in [5.74, 6) is -0.278. The van der Waals surface area contributed by atoms with Gasteiger partial charge in [0.05, 0.1) is 18.1 Å². The summed E-state index contributed by atoms with van der Waals surface area (Å²) in [7, 11) is 0. The molecule has 2 heterocycles. The van der Waals surface area contributed by atoms with Crippen LogP contribution in [0.25, 0.3) is 0 Å².